The van der Waals surface area contributed by atoms with Crippen LogP contribution in [0.1, 0.15) is 0 Å². The van der Waals surface area contributed by atoms with E-state index in [1.165, 1.54) is 7.05 Å². The average Bonchev–Trinajstić information content (AvgIpc) is 2.04. The van der Waals surface area contributed by atoms with Crippen molar-refractivity contribution in [3.63, 3.8) is 0 Å². The molecular weight excluding hydrogens is 224 g/mol. The molecule has 4 nitrogen and oxygen atoms in total. The highest BCUT2D eigenvalue weighted by molar-refractivity contribution is 9.10. The number of rotatable bonds is 1. The van der Waals surface area contributed by atoms with Crippen LogP contribution in [-0.4, -0.2) is 23.2 Å². The van der Waals surface area contributed by atoms with Gasteiger partial charge < -0.3 is 5.11 Å². The molecule has 0 aliphatic heterocycles. The van der Waals surface area contributed by atoms with Crippen molar-refractivity contribution in [2.45, 2.75) is 0 Å². The summed E-state index contributed by atoms with van der Waals surface area (Å²) in [7, 11) is 1.44. The van der Waals surface area contributed by atoms with Crippen LogP contribution in [0.15, 0.2) is 22.8 Å². The summed E-state index contributed by atoms with van der Waals surface area (Å²) in [4.78, 5) is 15.4. The van der Waals surface area contributed by atoms with E-state index in [9.17, 15) is 4.79 Å². The number of nitrogens with zero attached hydrogens (tertiary/aromatic N) is 2. The number of halogens is 1. The monoisotopic (exact) mass is 230 g/mol. The summed E-state index contributed by atoms with van der Waals surface area (Å²) in [5.74, 6) is 0.408. The van der Waals surface area contributed by atoms with Crippen LogP contribution in [0.2, 0.25) is 0 Å². The van der Waals surface area contributed by atoms with Crippen molar-refractivity contribution in [2.75, 3.05) is 11.9 Å². The number of carboxylic acid groups (broad SMARTS) is 1. The van der Waals surface area contributed by atoms with Gasteiger partial charge in [0.05, 0.1) is 0 Å². The van der Waals surface area contributed by atoms with Crippen LogP contribution in [0, 0.1) is 0 Å². The van der Waals surface area contributed by atoms with Crippen LogP contribution in [0.25, 0.3) is 0 Å². The molecule has 0 bridgehead atoms. The lowest BCUT2D eigenvalue weighted by atomic mass is 10.4. The highest BCUT2D eigenvalue weighted by Crippen LogP contribution is 2.13. The van der Waals surface area contributed by atoms with Gasteiger partial charge in [-0.15, -0.1) is 0 Å². The normalized spacial score (nSPS) is 9.50. The molecule has 0 spiro atoms. The Bertz CT molecular complexity index is 286. The molecule has 0 saturated carbocycles. The smallest absolute Gasteiger partial charge is 0.412 e. The molecule has 1 aromatic heterocycles. The molecule has 1 heterocycles. The summed E-state index contributed by atoms with van der Waals surface area (Å²) in [5, 5.41) is 8.58. The number of aromatic nitrogens is 1. The van der Waals surface area contributed by atoms with Crippen LogP contribution >= 0.6 is 15.9 Å². The van der Waals surface area contributed by atoms with Crippen LogP contribution in [0.4, 0.5) is 10.6 Å². The van der Waals surface area contributed by atoms with Gasteiger partial charge in [-0.3, -0.25) is 4.90 Å². The van der Waals surface area contributed by atoms with Crippen molar-refractivity contribution in [1.29, 1.82) is 0 Å². The maximum Gasteiger partial charge on any atom is 0.412 e. The molecule has 1 amide bonds. The summed E-state index contributed by atoms with van der Waals surface area (Å²) >= 11 is 3.20. The zero-order valence-corrected chi connectivity index (χ0v) is 7.95. The van der Waals surface area contributed by atoms with Crippen LogP contribution in [0.3, 0.4) is 0 Å². The minimum atomic E-state index is -1.02. The second kappa shape index (κ2) is 3.53. The first kappa shape index (κ1) is 8.99. The molecule has 5 heteroatoms. The van der Waals surface area contributed by atoms with Gasteiger partial charge in [0.25, 0.3) is 0 Å². The molecule has 12 heavy (non-hydrogen) atoms. The number of hydrogen-bond acceptors (Lipinski definition) is 2. The van der Waals surface area contributed by atoms with Gasteiger partial charge in [-0.1, -0.05) is 0 Å². The Morgan fingerprint density at radius 1 is 1.67 bits per heavy atom. The Balaban J connectivity index is 2.89. The number of anilines is 1. The number of hydrogen-bond donors (Lipinski definition) is 1. The number of amides is 1. The highest BCUT2D eigenvalue weighted by Gasteiger charge is 2.08. The van der Waals surface area contributed by atoms with Crippen molar-refractivity contribution in [3.8, 4) is 0 Å². The molecule has 1 aromatic rings. The number of carbonyl (C=O) groups is 1. The maximum absolute atomic E-state index is 10.5. The lowest BCUT2D eigenvalue weighted by Gasteiger charge is -2.10. The fourth-order valence-corrected chi connectivity index (χ4v) is 0.899. The van der Waals surface area contributed by atoms with E-state index in [2.05, 4.69) is 20.9 Å². The van der Waals surface area contributed by atoms with E-state index < -0.39 is 6.09 Å². The van der Waals surface area contributed by atoms with Gasteiger partial charge in [0.1, 0.15) is 5.82 Å². The summed E-state index contributed by atoms with van der Waals surface area (Å²) in [6.07, 6.45) is 0.527. The zero-order valence-electron chi connectivity index (χ0n) is 6.36. The third-order valence-electron chi connectivity index (χ3n) is 1.34. The van der Waals surface area contributed by atoms with Gasteiger partial charge in [-0.05, 0) is 28.1 Å². The summed E-state index contributed by atoms with van der Waals surface area (Å²) in [5.41, 5.74) is 0. The van der Waals surface area contributed by atoms with E-state index in [4.69, 9.17) is 5.11 Å². The Labute approximate surface area is 78.0 Å². The van der Waals surface area contributed by atoms with E-state index >= 15 is 0 Å². The van der Waals surface area contributed by atoms with Crippen molar-refractivity contribution >= 4 is 27.8 Å². The van der Waals surface area contributed by atoms with Gasteiger partial charge >= 0.3 is 6.09 Å². The largest absolute Gasteiger partial charge is 0.465 e. The summed E-state index contributed by atoms with van der Waals surface area (Å²) in [6, 6.07) is 3.36. The minimum absolute atomic E-state index is 0.408. The van der Waals surface area contributed by atoms with Gasteiger partial charge in [0.15, 0.2) is 0 Å². The lowest BCUT2D eigenvalue weighted by Crippen LogP contribution is -2.24. The van der Waals surface area contributed by atoms with Crippen LogP contribution in [0.5, 0.6) is 0 Å². The maximum atomic E-state index is 10.5. The Morgan fingerprint density at radius 2 is 2.33 bits per heavy atom. The Kier molecular flexibility index (Phi) is 2.65. The van der Waals surface area contributed by atoms with Gasteiger partial charge in [0, 0.05) is 17.7 Å². The third kappa shape index (κ3) is 1.94. The fraction of sp³-hybridized carbons (Fsp3) is 0.143. The fourth-order valence-electron chi connectivity index (χ4n) is 0.664. The minimum Gasteiger partial charge on any atom is -0.465 e. The molecule has 0 aliphatic carbocycles. The predicted molar refractivity (Wildman–Crippen MR) is 48.4 cm³/mol. The van der Waals surface area contributed by atoms with E-state index in [-0.39, 0.29) is 0 Å². The molecule has 0 saturated heterocycles. The molecule has 0 aliphatic rings. The highest BCUT2D eigenvalue weighted by atomic mass is 79.9. The van der Waals surface area contributed by atoms with Crippen molar-refractivity contribution < 1.29 is 9.90 Å². The van der Waals surface area contributed by atoms with Gasteiger partial charge in [0.2, 0.25) is 0 Å². The summed E-state index contributed by atoms with van der Waals surface area (Å²) < 4.78 is 0.824. The van der Waals surface area contributed by atoms with Crippen LogP contribution < -0.4 is 4.90 Å². The molecule has 0 unspecified atom stereocenters. The average molecular weight is 231 g/mol. The standard InChI is InChI=1S/C7H7BrN2O2/c1-10(7(11)12)6-3-2-5(8)4-9-6/h2-4H,1H3,(H,11,12). The van der Waals surface area contributed by atoms with E-state index in [1.54, 1.807) is 18.3 Å². The second-order valence-electron chi connectivity index (χ2n) is 2.18. The van der Waals surface area contributed by atoms with Crippen molar-refractivity contribution in [3.05, 3.63) is 22.8 Å². The molecule has 0 atom stereocenters. The lowest BCUT2D eigenvalue weighted by molar-refractivity contribution is 0.203. The SMILES string of the molecule is CN(C(=O)O)c1ccc(Br)cn1. The topological polar surface area (TPSA) is 53.4 Å². The van der Waals surface area contributed by atoms with Crippen molar-refractivity contribution in [2.24, 2.45) is 0 Å². The van der Waals surface area contributed by atoms with Gasteiger partial charge in [-0.25, -0.2) is 9.78 Å². The molecule has 1 rings (SSSR count). The Hall–Kier alpha value is -1.10. The Morgan fingerprint density at radius 3 is 2.75 bits per heavy atom. The van der Waals surface area contributed by atoms with Crippen molar-refractivity contribution in [1.82, 2.24) is 4.98 Å². The molecule has 0 aromatic carbocycles. The molecular formula is C7H7BrN2O2. The van der Waals surface area contributed by atoms with E-state index in [0.29, 0.717) is 5.82 Å². The quantitative estimate of drug-likeness (QED) is 0.803. The zero-order chi connectivity index (χ0) is 9.14. The molecule has 64 valence electrons. The number of pyridine rings is 1. The first-order valence-corrected chi connectivity index (χ1v) is 3.99. The second-order valence-corrected chi connectivity index (χ2v) is 3.09. The predicted octanol–water partition coefficient (Wildman–Crippen LogP) is 1.96. The molecule has 0 fully saturated rings. The molecule has 1 N–H and O–H groups in total. The van der Waals surface area contributed by atoms with Crippen LogP contribution in [-0.2, 0) is 0 Å². The van der Waals surface area contributed by atoms with Gasteiger partial charge in [-0.2, -0.15) is 0 Å². The summed E-state index contributed by atoms with van der Waals surface area (Å²) in [6.45, 7) is 0. The third-order valence-corrected chi connectivity index (χ3v) is 1.81. The first-order valence-electron chi connectivity index (χ1n) is 3.19. The van der Waals surface area contributed by atoms with E-state index in [0.717, 1.165) is 9.37 Å². The van der Waals surface area contributed by atoms with E-state index in [1.807, 2.05) is 0 Å². The molecule has 0 radical (unpaired) electrons. The first-order chi connectivity index (χ1) is 5.61.